The first kappa shape index (κ1) is 13.2. The molecule has 1 amide bonds. The summed E-state index contributed by atoms with van der Waals surface area (Å²) in [6.45, 7) is 2.16. The average molecular weight is 258 g/mol. The highest BCUT2D eigenvalue weighted by Gasteiger charge is 2.18. The van der Waals surface area contributed by atoms with E-state index in [2.05, 4.69) is 10.8 Å². The molecule has 4 nitrogen and oxygen atoms in total. The molecule has 0 aromatic heterocycles. The zero-order valence-electron chi connectivity index (χ0n) is 10.2. The predicted molar refractivity (Wildman–Crippen MR) is 69.8 cm³/mol. The molecule has 98 valence electrons. The van der Waals surface area contributed by atoms with Crippen molar-refractivity contribution in [2.24, 2.45) is 0 Å². The summed E-state index contributed by atoms with van der Waals surface area (Å²) in [6.07, 6.45) is 7.21. The first-order valence-electron chi connectivity index (χ1n) is 6.61. The molecule has 2 fully saturated rings. The lowest BCUT2D eigenvalue weighted by Gasteiger charge is -2.21. The Morgan fingerprint density at radius 1 is 1.24 bits per heavy atom. The molecule has 2 aliphatic rings. The third kappa shape index (κ3) is 4.85. The fourth-order valence-corrected chi connectivity index (χ4v) is 3.36. The Kier molecular flexibility index (Phi) is 5.61. The molecule has 0 unspecified atom stereocenters. The average Bonchev–Trinajstić information content (AvgIpc) is 2.88. The minimum atomic E-state index is 0.0143. The Bertz CT molecular complexity index is 239. The van der Waals surface area contributed by atoms with Crippen LogP contribution in [0.3, 0.4) is 0 Å². The van der Waals surface area contributed by atoms with E-state index in [-0.39, 0.29) is 12.0 Å². The van der Waals surface area contributed by atoms with Gasteiger partial charge in [-0.3, -0.25) is 9.63 Å². The number of thioether (sulfide) groups is 1. The molecule has 2 rings (SSSR count). The van der Waals surface area contributed by atoms with Gasteiger partial charge in [0.25, 0.3) is 5.91 Å². The van der Waals surface area contributed by atoms with Gasteiger partial charge in [-0.05, 0) is 38.8 Å². The van der Waals surface area contributed by atoms with E-state index in [1.54, 1.807) is 11.8 Å². The second-order valence-electron chi connectivity index (χ2n) is 4.81. The van der Waals surface area contributed by atoms with Crippen LogP contribution < -0.4 is 10.8 Å². The molecular formula is C12H22N2O2S. The lowest BCUT2D eigenvalue weighted by Crippen LogP contribution is -2.32. The van der Waals surface area contributed by atoms with Crippen molar-refractivity contribution >= 4 is 17.7 Å². The maximum Gasteiger partial charge on any atom is 0.253 e. The highest BCUT2D eigenvalue weighted by Crippen LogP contribution is 2.21. The number of nitrogens with one attached hydrogen (secondary N) is 2. The van der Waals surface area contributed by atoms with Crippen molar-refractivity contribution in [3.8, 4) is 0 Å². The number of amides is 1. The first-order valence-corrected chi connectivity index (χ1v) is 7.66. The van der Waals surface area contributed by atoms with Crippen molar-refractivity contribution in [2.75, 3.05) is 18.8 Å². The molecule has 17 heavy (non-hydrogen) atoms. The number of carbonyl (C=O) groups excluding carboxylic acids is 1. The van der Waals surface area contributed by atoms with Gasteiger partial charge in [0, 0.05) is 5.25 Å². The second kappa shape index (κ2) is 7.24. The maximum absolute atomic E-state index is 11.6. The van der Waals surface area contributed by atoms with Gasteiger partial charge in [0.05, 0.1) is 11.9 Å². The molecule has 5 heteroatoms. The van der Waals surface area contributed by atoms with Gasteiger partial charge in [0.15, 0.2) is 0 Å². The summed E-state index contributed by atoms with van der Waals surface area (Å²) in [5.41, 5.74) is 2.59. The second-order valence-corrected chi connectivity index (χ2v) is 6.10. The fourth-order valence-electron chi connectivity index (χ4n) is 2.34. The Hall–Kier alpha value is -0.260. The van der Waals surface area contributed by atoms with Gasteiger partial charge in [0.1, 0.15) is 0 Å². The highest BCUT2D eigenvalue weighted by atomic mass is 32.2. The number of piperidine rings is 1. The minimum absolute atomic E-state index is 0.0143. The van der Waals surface area contributed by atoms with Crippen molar-refractivity contribution < 1.29 is 9.63 Å². The Morgan fingerprint density at radius 3 is 2.65 bits per heavy atom. The third-order valence-corrected chi connectivity index (χ3v) is 4.75. The number of hydroxylamine groups is 1. The zero-order valence-corrected chi connectivity index (χ0v) is 11.1. The van der Waals surface area contributed by atoms with Crippen LogP contribution >= 0.6 is 11.8 Å². The lowest BCUT2D eigenvalue weighted by molar-refractivity contribution is -0.135. The van der Waals surface area contributed by atoms with Gasteiger partial charge in [-0.15, -0.1) is 11.8 Å². The number of hydrogen-bond donors (Lipinski definition) is 2. The number of hydrogen-bond acceptors (Lipinski definition) is 4. The van der Waals surface area contributed by atoms with Crippen molar-refractivity contribution in [3.05, 3.63) is 0 Å². The van der Waals surface area contributed by atoms with Crippen LogP contribution in [0.1, 0.15) is 38.5 Å². The summed E-state index contributed by atoms with van der Waals surface area (Å²) in [7, 11) is 0. The van der Waals surface area contributed by atoms with Crippen LogP contribution in [0.25, 0.3) is 0 Å². The molecule has 0 bridgehead atoms. The molecule has 0 radical (unpaired) electrons. The monoisotopic (exact) mass is 258 g/mol. The van der Waals surface area contributed by atoms with Gasteiger partial charge in [-0.2, -0.15) is 0 Å². The Balaban J connectivity index is 1.53. The molecule has 0 atom stereocenters. The van der Waals surface area contributed by atoms with Gasteiger partial charge in [0.2, 0.25) is 0 Å². The van der Waals surface area contributed by atoms with Gasteiger partial charge >= 0.3 is 0 Å². The van der Waals surface area contributed by atoms with Crippen molar-refractivity contribution in [2.45, 2.75) is 49.9 Å². The lowest BCUT2D eigenvalue weighted by atomic mass is 10.2. The summed E-state index contributed by atoms with van der Waals surface area (Å²) in [4.78, 5) is 16.9. The molecule has 1 aliphatic heterocycles. The summed E-state index contributed by atoms with van der Waals surface area (Å²) in [5, 5.41) is 3.96. The smallest absolute Gasteiger partial charge is 0.253 e. The largest absolute Gasteiger partial charge is 0.317 e. The van der Waals surface area contributed by atoms with E-state index in [1.165, 1.54) is 25.7 Å². The van der Waals surface area contributed by atoms with Crippen LogP contribution in [-0.2, 0) is 9.63 Å². The molecular weight excluding hydrogens is 236 g/mol. The standard InChI is InChI=1S/C12H22N2O2S/c15-12(14-16-10-3-1-2-4-10)9-17-11-5-7-13-8-6-11/h10-11,13H,1-9H2,(H,14,15). The van der Waals surface area contributed by atoms with Gasteiger partial charge in [-0.25, -0.2) is 5.48 Å². The van der Waals surface area contributed by atoms with Crippen LogP contribution in [0.15, 0.2) is 0 Å². The van der Waals surface area contributed by atoms with Gasteiger partial charge in [-0.1, -0.05) is 12.8 Å². The minimum Gasteiger partial charge on any atom is -0.317 e. The number of rotatable bonds is 5. The quantitative estimate of drug-likeness (QED) is 0.733. The normalized spacial score (nSPS) is 22.8. The van der Waals surface area contributed by atoms with E-state index < -0.39 is 0 Å². The van der Waals surface area contributed by atoms with Crippen molar-refractivity contribution in [1.82, 2.24) is 10.8 Å². The van der Waals surface area contributed by atoms with Crippen molar-refractivity contribution in [1.29, 1.82) is 0 Å². The van der Waals surface area contributed by atoms with E-state index in [1.807, 2.05) is 0 Å². The zero-order chi connectivity index (χ0) is 11.9. The van der Waals surface area contributed by atoms with Gasteiger partial charge < -0.3 is 5.32 Å². The number of carbonyl (C=O) groups is 1. The summed E-state index contributed by atoms with van der Waals surface area (Å²) < 4.78 is 0. The Labute approximate surface area is 107 Å². The highest BCUT2D eigenvalue weighted by molar-refractivity contribution is 8.00. The van der Waals surface area contributed by atoms with Crippen LogP contribution in [0.4, 0.5) is 0 Å². The fraction of sp³-hybridized carbons (Fsp3) is 0.917. The molecule has 1 heterocycles. The Morgan fingerprint density at radius 2 is 1.94 bits per heavy atom. The molecule has 0 spiro atoms. The van der Waals surface area contributed by atoms with E-state index in [0.29, 0.717) is 11.0 Å². The van der Waals surface area contributed by atoms with Crippen molar-refractivity contribution in [3.63, 3.8) is 0 Å². The van der Waals surface area contributed by atoms with E-state index in [9.17, 15) is 4.79 Å². The molecule has 1 saturated heterocycles. The molecule has 0 aromatic rings. The molecule has 0 aromatic carbocycles. The summed E-state index contributed by atoms with van der Waals surface area (Å²) >= 11 is 1.76. The predicted octanol–water partition coefficient (Wildman–Crippen LogP) is 1.46. The van der Waals surface area contributed by atoms with Crippen LogP contribution in [0, 0.1) is 0 Å². The maximum atomic E-state index is 11.6. The SMILES string of the molecule is O=C(CSC1CCNCC1)NOC1CCCC1. The van der Waals surface area contributed by atoms with E-state index >= 15 is 0 Å². The summed E-state index contributed by atoms with van der Waals surface area (Å²) in [6, 6.07) is 0. The first-order chi connectivity index (χ1) is 8.34. The van der Waals surface area contributed by atoms with E-state index in [4.69, 9.17) is 4.84 Å². The topological polar surface area (TPSA) is 50.4 Å². The molecule has 1 saturated carbocycles. The van der Waals surface area contributed by atoms with Crippen LogP contribution in [0.2, 0.25) is 0 Å². The summed E-state index contributed by atoms with van der Waals surface area (Å²) in [5.74, 6) is 0.539. The molecule has 2 N–H and O–H groups in total. The third-order valence-electron chi connectivity index (χ3n) is 3.38. The van der Waals surface area contributed by atoms with Crippen LogP contribution in [-0.4, -0.2) is 36.1 Å². The van der Waals surface area contributed by atoms with Crippen LogP contribution in [0.5, 0.6) is 0 Å². The van der Waals surface area contributed by atoms with E-state index in [0.717, 1.165) is 25.9 Å². The molecule has 1 aliphatic carbocycles.